The number of nitrogens with zero attached hydrogens (tertiary/aromatic N) is 2. The molecular formula is C16H17N3. The third-order valence-corrected chi connectivity index (χ3v) is 3.50. The zero-order chi connectivity index (χ0) is 13.2. The molecule has 0 bridgehead atoms. The minimum atomic E-state index is 0.451. The van der Waals surface area contributed by atoms with E-state index in [-0.39, 0.29) is 0 Å². The number of pyridine rings is 1. The molecule has 3 aromatic rings. The van der Waals surface area contributed by atoms with E-state index in [4.69, 9.17) is 5.73 Å². The Balaban J connectivity index is 2.16. The highest BCUT2D eigenvalue weighted by atomic mass is 15.0. The molecule has 2 N–H and O–H groups in total. The number of hydrogen-bond donors (Lipinski definition) is 1. The molecule has 0 aliphatic carbocycles. The predicted octanol–water partition coefficient (Wildman–Crippen LogP) is 3.02. The minimum Gasteiger partial charge on any atom is -0.324 e. The third kappa shape index (κ3) is 2.02. The number of aromatic nitrogens is 2. The van der Waals surface area contributed by atoms with Crippen LogP contribution in [-0.2, 0) is 13.0 Å². The summed E-state index contributed by atoms with van der Waals surface area (Å²) in [6.45, 7) is 2.62. The van der Waals surface area contributed by atoms with Crippen LogP contribution in [0.2, 0.25) is 0 Å². The first-order valence-corrected chi connectivity index (χ1v) is 6.58. The second-order valence-corrected chi connectivity index (χ2v) is 4.61. The van der Waals surface area contributed by atoms with Gasteiger partial charge in [-0.25, -0.2) is 4.98 Å². The first-order chi connectivity index (χ1) is 9.33. The van der Waals surface area contributed by atoms with E-state index in [1.807, 2.05) is 18.5 Å². The second-order valence-electron chi connectivity index (χ2n) is 4.61. The van der Waals surface area contributed by atoms with Gasteiger partial charge < -0.3 is 10.1 Å². The Morgan fingerprint density at radius 2 is 1.95 bits per heavy atom. The van der Waals surface area contributed by atoms with Gasteiger partial charge in [0.1, 0.15) is 5.82 Å². The fourth-order valence-electron chi connectivity index (χ4n) is 2.39. The van der Waals surface area contributed by atoms with Crippen molar-refractivity contribution >= 4 is 5.52 Å². The fraction of sp³-hybridized carbons (Fsp3) is 0.188. The van der Waals surface area contributed by atoms with Gasteiger partial charge in [-0.2, -0.15) is 0 Å². The van der Waals surface area contributed by atoms with Gasteiger partial charge in [-0.1, -0.05) is 37.3 Å². The van der Waals surface area contributed by atoms with E-state index in [1.54, 1.807) is 0 Å². The number of aryl methyl sites for hydroxylation is 1. The van der Waals surface area contributed by atoms with Crippen molar-refractivity contribution in [3.05, 3.63) is 60.2 Å². The van der Waals surface area contributed by atoms with Crippen LogP contribution in [0.4, 0.5) is 0 Å². The summed E-state index contributed by atoms with van der Waals surface area (Å²) >= 11 is 0. The van der Waals surface area contributed by atoms with Crippen molar-refractivity contribution in [3.63, 3.8) is 0 Å². The maximum Gasteiger partial charge on any atom is 0.127 e. The first-order valence-electron chi connectivity index (χ1n) is 6.58. The molecule has 3 nitrogen and oxygen atoms in total. The average Bonchev–Trinajstić information content (AvgIpc) is 2.90. The van der Waals surface area contributed by atoms with E-state index in [0.717, 1.165) is 17.8 Å². The van der Waals surface area contributed by atoms with Crippen LogP contribution in [0, 0.1) is 0 Å². The Bertz CT molecular complexity index is 696. The molecule has 0 saturated carbocycles. The van der Waals surface area contributed by atoms with Gasteiger partial charge in [0.25, 0.3) is 0 Å². The van der Waals surface area contributed by atoms with Gasteiger partial charge in [-0.05, 0) is 23.6 Å². The lowest BCUT2D eigenvalue weighted by atomic mass is 10.0. The van der Waals surface area contributed by atoms with E-state index < -0.39 is 0 Å². The molecule has 2 heterocycles. The topological polar surface area (TPSA) is 43.3 Å². The van der Waals surface area contributed by atoms with Crippen molar-refractivity contribution in [1.29, 1.82) is 0 Å². The molecule has 3 rings (SSSR count). The summed E-state index contributed by atoms with van der Waals surface area (Å²) in [6.07, 6.45) is 4.97. The van der Waals surface area contributed by atoms with E-state index in [2.05, 4.69) is 46.6 Å². The van der Waals surface area contributed by atoms with E-state index in [9.17, 15) is 0 Å². The number of benzene rings is 1. The number of hydrogen-bond acceptors (Lipinski definition) is 2. The molecular weight excluding hydrogens is 234 g/mol. The average molecular weight is 251 g/mol. The van der Waals surface area contributed by atoms with Gasteiger partial charge in [0.05, 0.1) is 18.3 Å². The van der Waals surface area contributed by atoms with Gasteiger partial charge in [0, 0.05) is 11.8 Å². The molecule has 2 aromatic heterocycles. The molecule has 0 unspecified atom stereocenters. The van der Waals surface area contributed by atoms with Gasteiger partial charge in [-0.3, -0.25) is 0 Å². The summed E-state index contributed by atoms with van der Waals surface area (Å²) in [6, 6.07) is 12.9. The summed E-state index contributed by atoms with van der Waals surface area (Å²) in [7, 11) is 0. The van der Waals surface area contributed by atoms with E-state index in [1.165, 1.54) is 16.7 Å². The van der Waals surface area contributed by atoms with Crippen molar-refractivity contribution < 1.29 is 0 Å². The third-order valence-electron chi connectivity index (χ3n) is 3.50. The Morgan fingerprint density at radius 1 is 1.16 bits per heavy atom. The van der Waals surface area contributed by atoms with Gasteiger partial charge in [0.15, 0.2) is 0 Å². The highest BCUT2D eigenvalue weighted by Crippen LogP contribution is 2.25. The molecule has 96 valence electrons. The highest BCUT2D eigenvalue weighted by molar-refractivity contribution is 5.80. The van der Waals surface area contributed by atoms with Crippen LogP contribution in [0.3, 0.4) is 0 Å². The largest absolute Gasteiger partial charge is 0.324 e. The smallest absolute Gasteiger partial charge is 0.127 e. The van der Waals surface area contributed by atoms with Crippen molar-refractivity contribution in [3.8, 4) is 11.1 Å². The van der Waals surface area contributed by atoms with Gasteiger partial charge >= 0.3 is 0 Å². The molecule has 19 heavy (non-hydrogen) atoms. The van der Waals surface area contributed by atoms with E-state index >= 15 is 0 Å². The summed E-state index contributed by atoms with van der Waals surface area (Å²) in [5.41, 5.74) is 10.6. The maximum absolute atomic E-state index is 5.70. The molecule has 1 aromatic carbocycles. The number of nitrogens with two attached hydrogens (primary N) is 1. The molecule has 0 spiro atoms. The quantitative estimate of drug-likeness (QED) is 0.777. The minimum absolute atomic E-state index is 0.451. The van der Waals surface area contributed by atoms with Crippen LogP contribution in [0.15, 0.2) is 48.8 Å². The van der Waals surface area contributed by atoms with Crippen LogP contribution in [0.25, 0.3) is 16.6 Å². The zero-order valence-electron chi connectivity index (χ0n) is 11.0. The molecule has 0 aliphatic heterocycles. The highest BCUT2D eigenvalue weighted by Gasteiger charge is 2.07. The van der Waals surface area contributed by atoms with Gasteiger partial charge in [-0.15, -0.1) is 0 Å². The monoisotopic (exact) mass is 251 g/mol. The number of fused-ring (bicyclic) bond motifs is 1. The fourth-order valence-corrected chi connectivity index (χ4v) is 2.39. The lowest BCUT2D eigenvalue weighted by Crippen LogP contribution is -2.02. The maximum atomic E-state index is 5.70. The van der Waals surface area contributed by atoms with Crippen LogP contribution >= 0.6 is 0 Å². The molecule has 3 heteroatoms. The summed E-state index contributed by atoms with van der Waals surface area (Å²) in [5, 5.41) is 0. The molecule has 0 saturated heterocycles. The van der Waals surface area contributed by atoms with Crippen LogP contribution in [0.1, 0.15) is 18.3 Å². The molecule has 0 fully saturated rings. The Kier molecular flexibility index (Phi) is 3.05. The zero-order valence-corrected chi connectivity index (χ0v) is 11.0. The molecule has 0 radical (unpaired) electrons. The van der Waals surface area contributed by atoms with Crippen LogP contribution in [0.5, 0.6) is 0 Å². The summed E-state index contributed by atoms with van der Waals surface area (Å²) in [5.74, 6) is 0.891. The van der Waals surface area contributed by atoms with E-state index in [0.29, 0.717) is 6.54 Å². The Hall–Kier alpha value is -2.13. The predicted molar refractivity (Wildman–Crippen MR) is 77.9 cm³/mol. The van der Waals surface area contributed by atoms with Crippen molar-refractivity contribution in [2.75, 3.05) is 0 Å². The first kappa shape index (κ1) is 11.9. The molecule has 0 aliphatic rings. The Labute approximate surface area is 112 Å². The molecule has 0 atom stereocenters. The standard InChI is InChI=1S/C16H17N3/c1-2-12-5-7-13(8-6-12)14-4-3-9-19-15(14)11-18-16(19)10-17/h3-9,11H,2,10,17H2,1H3. The van der Waals surface area contributed by atoms with Crippen LogP contribution in [-0.4, -0.2) is 9.38 Å². The van der Waals surface area contributed by atoms with Crippen molar-refractivity contribution in [1.82, 2.24) is 9.38 Å². The van der Waals surface area contributed by atoms with Gasteiger partial charge in [0.2, 0.25) is 0 Å². The lowest BCUT2D eigenvalue weighted by molar-refractivity contribution is 0.904. The second kappa shape index (κ2) is 4.86. The normalized spacial score (nSPS) is 11.1. The SMILES string of the molecule is CCc1ccc(-c2cccn3c(CN)ncc23)cc1. The number of imidazole rings is 1. The van der Waals surface area contributed by atoms with Crippen molar-refractivity contribution in [2.45, 2.75) is 19.9 Å². The lowest BCUT2D eigenvalue weighted by Gasteiger charge is -2.06. The van der Waals surface area contributed by atoms with Crippen LogP contribution < -0.4 is 5.73 Å². The molecule has 0 amide bonds. The number of rotatable bonds is 3. The summed E-state index contributed by atoms with van der Waals surface area (Å²) < 4.78 is 2.06. The Morgan fingerprint density at radius 3 is 2.63 bits per heavy atom. The van der Waals surface area contributed by atoms with Crippen molar-refractivity contribution in [2.24, 2.45) is 5.73 Å². The summed E-state index contributed by atoms with van der Waals surface area (Å²) in [4.78, 5) is 4.37.